The summed E-state index contributed by atoms with van der Waals surface area (Å²) in [5.41, 5.74) is 64.9. The average Bonchev–Trinajstić information content (AvgIpc) is 0.894. The fraction of sp³-hybridized carbons (Fsp3) is 0.756. The topological polar surface area (TPSA) is 760 Å². The van der Waals surface area contributed by atoms with Crippen LogP contribution in [0, 0.1) is 17.8 Å². The molecule has 0 radical (unpaired) electrons. The molecule has 0 aromatic heterocycles. The van der Waals surface area contributed by atoms with Crippen molar-refractivity contribution in [2.45, 2.75) is 351 Å². The highest BCUT2D eigenvalue weighted by atomic mass is 16.4. The van der Waals surface area contributed by atoms with Crippen LogP contribution in [0.15, 0.2) is 30.3 Å². The Bertz CT molecular complexity index is 3630. The first-order chi connectivity index (χ1) is 63.4. The van der Waals surface area contributed by atoms with Gasteiger partial charge >= 0.3 is 5.97 Å². The molecule has 133 heavy (non-hydrogen) atoms. The number of carbonyl (C=O) groups is 16. The van der Waals surface area contributed by atoms with Crippen molar-refractivity contribution in [3.63, 3.8) is 0 Å². The molecule has 0 aliphatic heterocycles. The minimum absolute atomic E-state index is 0.00239. The van der Waals surface area contributed by atoms with E-state index in [-0.39, 0.29) is 110 Å². The van der Waals surface area contributed by atoms with E-state index in [0.717, 1.165) is 0 Å². The van der Waals surface area contributed by atoms with Gasteiger partial charge < -0.3 is 148 Å². The first-order valence-electron chi connectivity index (χ1n) is 48.0. The maximum atomic E-state index is 15.0. The number of carboxylic acid groups (broad SMARTS) is 1. The van der Waals surface area contributed by atoms with Gasteiger partial charge in [0.25, 0.3) is 0 Å². The Balaban J connectivity index is 3.67. The number of amides is 15. The van der Waals surface area contributed by atoms with Gasteiger partial charge in [0.05, 0.1) is 6.04 Å². The van der Waals surface area contributed by atoms with E-state index in [1.165, 1.54) is 13.8 Å². The number of unbranched alkanes of at least 4 members (excludes halogenated alkanes) is 10. The number of hydrogen-bond donors (Lipinski definition) is 27. The van der Waals surface area contributed by atoms with Crippen LogP contribution in [0.5, 0.6) is 0 Å². The molecule has 0 aliphatic carbocycles. The lowest BCUT2D eigenvalue weighted by Crippen LogP contribution is -2.61. The van der Waals surface area contributed by atoms with Crippen molar-refractivity contribution in [3.8, 4) is 0 Å². The van der Waals surface area contributed by atoms with Gasteiger partial charge in [0.1, 0.15) is 90.6 Å². The fourth-order valence-corrected chi connectivity index (χ4v) is 14.4. The summed E-state index contributed by atoms with van der Waals surface area (Å²) in [5, 5.41) is 50.6. The van der Waals surface area contributed by atoms with Gasteiger partial charge in [-0.05, 0) is 289 Å². The van der Waals surface area contributed by atoms with Crippen molar-refractivity contribution in [2.24, 2.45) is 80.8 Å². The van der Waals surface area contributed by atoms with E-state index in [2.05, 4.69) is 79.8 Å². The number of nitrogens with one attached hydrogen (secondary N) is 15. The molecular weight excluding hydrogens is 1720 g/mol. The van der Waals surface area contributed by atoms with Crippen molar-refractivity contribution in [1.29, 1.82) is 0 Å². The summed E-state index contributed by atoms with van der Waals surface area (Å²) in [6.45, 7) is 15.2. The molecule has 0 unspecified atom stereocenters. The fourth-order valence-electron chi connectivity index (χ4n) is 14.4. The second-order valence-electron chi connectivity index (χ2n) is 35.2. The van der Waals surface area contributed by atoms with Crippen LogP contribution in [-0.4, -0.2) is 262 Å². The number of aliphatic carboxylic acids is 1. The van der Waals surface area contributed by atoms with Gasteiger partial charge in [-0.1, -0.05) is 78.3 Å². The maximum absolute atomic E-state index is 15.0. The van der Waals surface area contributed by atoms with Crippen LogP contribution < -0.4 is 143 Å². The van der Waals surface area contributed by atoms with Crippen LogP contribution in [0.4, 0.5) is 0 Å². The van der Waals surface area contributed by atoms with Crippen LogP contribution in [0.3, 0.4) is 0 Å². The molecule has 0 saturated heterocycles. The van der Waals surface area contributed by atoms with Crippen LogP contribution in [0.1, 0.15) is 254 Å². The third kappa shape index (κ3) is 49.9. The molecule has 0 spiro atoms. The molecule has 0 aliphatic rings. The van der Waals surface area contributed by atoms with Gasteiger partial charge in [0.15, 0.2) is 0 Å². The lowest BCUT2D eigenvalue weighted by molar-refractivity contribution is -0.143. The summed E-state index contributed by atoms with van der Waals surface area (Å²) in [7, 11) is 0. The van der Waals surface area contributed by atoms with Crippen LogP contribution in [-0.2, 0) is 83.1 Å². The standard InChI is InChI=1S/C90H168N26O17/c1-55(2)72(87(129)110-62(35-13-23-45-92)78(120)103-59(8)76(118)105-68(41-19-29-51-98)84(126)116-74(57(5)6)89(131)112-70(90(132)133)43-21-31-53-100)114-83(125)67(40-18-28-50-97)104-75(117)58(7)102-79(121)63(36-14-24-46-93)111-88(130)73(56(3)4)115-85(127)69(42-20-30-52-99)109-86(128)71(54-60-32-10-9-11-33-60)113-82(124)66(39-17-27-49-96)108-81(123)65(38-16-26-48-95)107-80(122)64(37-15-25-47-94)106-77(119)61(101)34-12-22-44-91/h9-11,32-33,55-59,61-74H,12-31,34-54,91-101H2,1-8H3,(H,102,121)(H,103,120)(H,104,117)(H,105,118)(H,106,119)(H,107,122)(H,108,123)(H,109,128)(H,110,129)(H,111,130)(H,112,131)(H,113,124)(H,114,125)(H,115,127)(H,116,126)(H,132,133)/t58-,59-,61-,62-,63-,64-,65-,66-,67-,68-,69-,70-,71-,72-,73-,74-/m0/s1. The normalized spacial score (nSPS) is 15.0. The van der Waals surface area contributed by atoms with Crippen LogP contribution in [0.25, 0.3) is 0 Å². The van der Waals surface area contributed by atoms with Gasteiger partial charge in [-0.15, -0.1) is 0 Å². The molecule has 0 bridgehead atoms. The number of benzene rings is 1. The first kappa shape index (κ1) is 121. The molecule has 1 aromatic carbocycles. The SMILES string of the molecule is CC(C)[C@H](NC(=O)[C@H](CCCCN)NC(=O)[C@H](C)NC(=O)[C@H](CCCCN)NC(=O)[C@@H](NC(=O)[C@H](CCCCN)NC(=O)[C@H](C)NC(=O)[C@H](CCCCN)NC(=O)[C@@H](NC(=O)[C@H](CCCCN)NC(=O)[C@H](Cc1ccccc1)NC(=O)[C@H](CCCCN)NC(=O)[C@H](CCCCN)NC(=O)[C@H](CCCCN)NC(=O)[C@@H](N)CCCCN)C(C)C)C(C)C)C(=O)N[C@@H](CCCCN)C(=O)O. The summed E-state index contributed by atoms with van der Waals surface area (Å²) in [6.07, 6.45) is 9.17. The summed E-state index contributed by atoms with van der Waals surface area (Å²) < 4.78 is 0. The van der Waals surface area contributed by atoms with E-state index in [1.54, 1.807) is 71.9 Å². The molecule has 38 N–H and O–H groups in total. The molecule has 16 atom stereocenters. The van der Waals surface area contributed by atoms with E-state index < -0.39 is 209 Å². The monoisotopic (exact) mass is 1890 g/mol. The van der Waals surface area contributed by atoms with Gasteiger partial charge in [-0.2, -0.15) is 0 Å². The van der Waals surface area contributed by atoms with Crippen LogP contribution >= 0.6 is 0 Å². The van der Waals surface area contributed by atoms with Crippen LogP contribution in [0.2, 0.25) is 0 Å². The lowest BCUT2D eigenvalue weighted by Gasteiger charge is -2.29. The number of carbonyl (C=O) groups excluding carboxylic acids is 15. The lowest BCUT2D eigenvalue weighted by atomic mass is 9.99. The predicted molar refractivity (Wildman–Crippen MR) is 510 cm³/mol. The highest BCUT2D eigenvalue weighted by Crippen LogP contribution is 2.18. The molecule has 760 valence electrons. The summed E-state index contributed by atoms with van der Waals surface area (Å²) >= 11 is 0. The number of carboxylic acids is 1. The highest BCUT2D eigenvalue weighted by molar-refractivity contribution is 6.01. The average molecular weight is 1890 g/mol. The molecule has 43 heteroatoms. The van der Waals surface area contributed by atoms with Crippen molar-refractivity contribution in [2.75, 3.05) is 65.4 Å². The van der Waals surface area contributed by atoms with Gasteiger partial charge in [-0.3, -0.25) is 71.9 Å². The Hall–Kier alpha value is -9.70. The zero-order chi connectivity index (χ0) is 99.9. The largest absolute Gasteiger partial charge is 0.480 e. The highest BCUT2D eigenvalue weighted by Gasteiger charge is 2.40. The van der Waals surface area contributed by atoms with E-state index in [9.17, 15) is 81.8 Å². The molecule has 0 saturated carbocycles. The Kier molecular flexibility index (Phi) is 64.7. The molecule has 0 heterocycles. The molecule has 15 amide bonds. The molecule has 1 aromatic rings. The van der Waals surface area contributed by atoms with E-state index in [4.69, 9.17) is 63.1 Å². The van der Waals surface area contributed by atoms with E-state index >= 15 is 0 Å². The predicted octanol–water partition coefficient (Wildman–Crippen LogP) is -3.79. The Morgan fingerprint density at radius 3 is 0.654 bits per heavy atom. The molecule has 0 fully saturated rings. The van der Waals surface area contributed by atoms with E-state index in [0.29, 0.717) is 160 Å². The molecule has 43 nitrogen and oxygen atoms in total. The second-order valence-corrected chi connectivity index (χ2v) is 35.2. The van der Waals surface area contributed by atoms with Crippen molar-refractivity contribution < 1.29 is 81.8 Å². The Morgan fingerprint density at radius 2 is 0.414 bits per heavy atom. The molecule has 1 rings (SSSR count). The van der Waals surface area contributed by atoms with Gasteiger partial charge in [0, 0.05) is 6.42 Å². The van der Waals surface area contributed by atoms with E-state index in [1.807, 2.05) is 0 Å². The number of hydrogen-bond acceptors (Lipinski definition) is 27. The zero-order valence-corrected chi connectivity index (χ0v) is 80.2. The summed E-state index contributed by atoms with van der Waals surface area (Å²) in [6, 6.07) is -11.8. The maximum Gasteiger partial charge on any atom is 0.326 e. The third-order valence-electron chi connectivity index (χ3n) is 22.7. The van der Waals surface area contributed by atoms with Crippen molar-refractivity contribution in [3.05, 3.63) is 35.9 Å². The molecular formula is C90H168N26O17. The minimum atomic E-state index is -1.41. The summed E-state index contributed by atoms with van der Waals surface area (Å²) in [5.74, 6) is -14.8. The number of rotatable bonds is 76. The van der Waals surface area contributed by atoms with Gasteiger partial charge in [-0.25, -0.2) is 4.79 Å². The zero-order valence-electron chi connectivity index (χ0n) is 80.2. The van der Waals surface area contributed by atoms with Gasteiger partial charge in [0.2, 0.25) is 88.6 Å². The number of nitrogens with two attached hydrogens (primary N) is 11. The quantitative estimate of drug-likeness (QED) is 0.0278. The summed E-state index contributed by atoms with van der Waals surface area (Å²) in [4.78, 5) is 227. The first-order valence-corrected chi connectivity index (χ1v) is 48.0. The minimum Gasteiger partial charge on any atom is -0.480 e. The van der Waals surface area contributed by atoms with Crippen molar-refractivity contribution in [1.82, 2.24) is 79.8 Å². The Morgan fingerprint density at radius 1 is 0.226 bits per heavy atom. The smallest absolute Gasteiger partial charge is 0.326 e. The second kappa shape index (κ2) is 70.9. The Labute approximate surface area is 785 Å². The third-order valence-corrected chi connectivity index (χ3v) is 22.7. The van der Waals surface area contributed by atoms with Crippen molar-refractivity contribution >= 4 is 94.6 Å².